The summed E-state index contributed by atoms with van der Waals surface area (Å²) in [5.74, 6) is 0.838. The molecule has 4 atom stereocenters. The molecule has 0 spiro atoms. The lowest BCUT2D eigenvalue weighted by atomic mass is 9.99. The van der Waals surface area contributed by atoms with Gasteiger partial charge in [0.25, 0.3) is 0 Å². The van der Waals surface area contributed by atoms with Gasteiger partial charge < -0.3 is 10.1 Å². The standard InChI is InChI=1S/C13H20BrN3O/c1-8-4-12(5-9(2)18-8)17-10(3)13-15-6-11(14)7-16-13/h6-10,12,17H,4-5H2,1-3H3/t8-,9+,10?,12?. The molecule has 100 valence electrons. The third kappa shape index (κ3) is 3.73. The maximum absolute atomic E-state index is 5.74. The van der Waals surface area contributed by atoms with E-state index in [0.717, 1.165) is 23.1 Å². The Kier molecular flexibility index (Phi) is 4.70. The second-order valence-corrected chi connectivity index (χ2v) is 5.99. The van der Waals surface area contributed by atoms with Crippen LogP contribution in [0.4, 0.5) is 0 Å². The first-order valence-corrected chi connectivity index (χ1v) is 7.23. The molecule has 1 aliphatic rings. The highest BCUT2D eigenvalue weighted by atomic mass is 79.9. The van der Waals surface area contributed by atoms with E-state index in [9.17, 15) is 0 Å². The van der Waals surface area contributed by atoms with E-state index >= 15 is 0 Å². The molecule has 0 aromatic carbocycles. The van der Waals surface area contributed by atoms with Crippen molar-refractivity contribution in [1.29, 1.82) is 0 Å². The topological polar surface area (TPSA) is 47.0 Å². The first kappa shape index (κ1) is 13.9. The van der Waals surface area contributed by atoms with Crippen molar-refractivity contribution in [3.05, 3.63) is 22.7 Å². The van der Waals surface area contributed by atoms with Gasteiger partial charge in [0.05, 0.1) is 22.7 Å². The zero-order valence-corrected chi connectivity index (χ0v) is 12.6. The fraction of sp³-hybridized carbons (Fsp3) is 0.692. The van der Waals surface area contributed by atoms with Crippen LogP contribution >= 0.6 is 15.9 Å². The van der Waals surface area contributed by atoms with Gasteiger partial charge in [-0.3, -0.25) is 0 Å². The molecule has 2 heterocycles. The van der Waals surface area contributed by atoms with Crippen LogP contribution in [0.1, 0.15) is 45.5 Å². The number of nitrogens with one attached hydrogen (secondary N) is 1. The van der Waals surface area contributed by atoms with Crippen LogP contribution in [0.25, 0.3) is 0 Å². The summed E-state index contributed by atoms with van der Waals surface area (Å²) in [7, 11) is 0. The van der Waals surface area contributed by atoms with E-state index in [1.807, 2.05) is 0 Å². The van der Waals surface area contributed by atoms with Gasteiger partial charge in [-0.05, 0) is 49.5 Å². The molecule has 2 rings (SSSR count). The molecule has 1 aromatic rings. The minimum Gasteiger partial charge on any atom is -0.375 e. The van der Waals surface area contributed by atoms with Crippen LogP contribution in [0.15, 0.2) is 16.9 Å². The van der Waals surface area contributed by atoms with Crippen molar-refractivity contribution in [2.24, 2.45) is 0 Å². The van der Waals surface area contributed by atoms with Gasteiger partial charge in [0.2, 0.25) is 0 Å². The molecule has 4 nitrogen and oxygen atoms in total. The summed E-state index contributed by atoms with van der Waals surface area (Å²) in [4.78, 5) is 8.66. The van der Waals surface area contributed by atoms with E-state index in [4.69, 9.17) is 4.74 Å². The quantitative estimate of drug-likeness (QED) is 0.932. The van der Waals surface area contributed by atoms with Crippen LogP contribution in [0.3, 0.4) is 0 Å². The smallest absolute Gasteiger partial charge is 0.144 e. The van der Waals surface area contributed by atoms with Gasteiger partial charge in [0.15, 0.2) is 0 Å². The van der Waals surface area contributed by atoms with Gasteiger partial charge >= 0.3 is 0 Å². The Balaban J connectivity index is 1.94. The monoisotopic (exact) mass is 313 g/mol. The van der Waals surface area contributed by atoms with Crippen LogP contribution < -0.4 is 5.32 Å². The molecule has 1 aromatic heterocycles. The van der Waals surface area contributed by atoms with Gasteiger partial charge in [-0.2, -0.15) is 0 Å². The third-order valence-corrected chi connectivity index (χ3v) is 3.62. The Morgan fingerprint density at radius 2 is 1.83 bits per heavy atom. The first-order chi connectivity index (χ1) is 8.54. The van der Waals surface area contributed by atoms with Crippen molar-refractivity contribution in [3.8, 4) is 0 Å². The number of ether oxygens (including phenoxy) is 1. The lowest BCUT2D eigenvalue weighted by Gasteiger charge is -2.34. The maximum atomic E-state index is 5.74. The van der Waals surface area contributed by atoms with E-state index in [2.05, 4.69) is 52.0 Å². The van der Waals surface area contributed by atoms with Gasteiger partial charge in [0, 0.05) is 18.4 Å². The number of nitrogens with zero attached hydrogens (tertiary/aromatic N) is 2. The number of hydrogen-bond donors (Lipinski definition) is 1. The van der Waals surface area contributed by atoms with Gasteiger partial charge in [-0.15, -0.1) is 0 Å². The highest BCUT2D eigenvalue weighted by Gasteiger charge is 2.25. The predicted molar refractivity (Wildman–Crippen MR) is 74.3 cm³/mol. The predicted octanol–water partition coefficient (Wildman–Crippen LogP) is 2.85. The summed E-state index contributed by atoms with van der Waals surface area (Å²) in [5.41, 5.74) is 0. The summed E-state index contributed by atoms with van der Waals surface area (Å²) < 4.78 is 6.65. The molecular formula is C13H20BrN3O. The number of rotatable bonds is 3. The summed E-state index contributed by atoms with van der Waals surface area (Å²) in [6, 6.07) is 0.645. The maximum Gasteiger partial charge on any atom is 0.144 e. The molecule has 0 bridgehead atoms. The van der Waals surface area contributed by atoms with Crippen LogP contribution in [0.5, 0.6) is 0 Å². The van der Waals surface area contributed by atoms with Crippen molar-refractivity contribution in [2.45, 2.75) is 57.9 Å². The van der Waals surface area contributed by atoms with Gasteiger partial charge in [-0.1, -0.05) is 0 Å². The number of hydrogen-bond acceptors (Lipinski definition) is 4. The van der Waals surface area contributed by atoms with E-state index < -0.39 is 0 Å². The molecular weight excluding hydrogens is 294 g/mol. The number of halogens is 1. The van der Waals surface area contributed by atoms with Crippen LogP contribution in [0, 0.1) is 0 Å². The molecule has 0 aliphatic carbocycles. The van der Waals surface area contributed by atoms with E-state index in [1.165, 1.54) is 0 Å². The lowest BCUT2D eigenvalue weighted by molar-refractivity contribution is -0.0434. The van der Waals surface area contributed by atoms with Crippen molar-refractivity contribution < 1.29 is 4.74 Å². The average molecular weight is 314 g/mol. The molecule has 1 aliphatic heterocycles. The second kappa shape index (κ2) is 6.08. The Morgan fingerprint density at radius 3 is 2.39 bits per heavy atom. The van der Waals surface area contributed by atoms with E-state index in [1.54, 1.807) is 12.4 Å². The Bertz CT molecular complexity index is 374. The molecule has 0 saturated carbocycles. The van der Waals surface area contributed by atoms with Crippen molar-refractivity contribution >= 4 is 15.9 Å². The fourth-order valence-electron chi connectivity index (χ4n) is 2.52. The molecule has 1 fully saturated rings. The molecule has 0 amide bonds. The highest BCUT2D eigenvalue weighted by molar-refractivity contribution is 9.10. The SMILES string of the molecule is CC(NC1C[C@@H](C)O[C@@H](C)C1)c1ncc(Br)cn1. The largest absolute Gasteiger partial charge is 0.375 e. The summed E-state index contributed by atoms with van der Waals surface area (Å²) in [6.45, 7) is 6.37. The molecule has 5 heteroatoms. The molecule has 1 saturated heterocycles. The van der Waals surface area contributed by atoms with Crippen LogP contribution in [-0.4, -0.2) is 28.2 Å². The Morgan fingerprint density at radius 1 is 1.28 bits per heavy atom. The van der Waals surface area contributed by atoms with Crippen molar-refractivity contribution in [2.75, 3.05) is 0 Å². The zero-order valence-electron chi connectivity index (χ0n) is 11.1. The molecule has 0 radical (unpaired) electrons. The zero-order chi connectivity index (χ0) is 13.1. The summed E-state index contributed by atoms with van der Waals surface area (Å²) in [6.07, 6.45) is 6.32. The van der Waals surface area contributed by atoms with Crippen molar-refractivity contribution in [1.82, 2.24) is 15.3 Å². The normalized spacial score (nSPS) is 30.1. The molecule has 18 heavy (non-hydrogen) atoms. The summed E-state index contributed by atoms with van der Waals surface area (Å²) in [5, 5.41) is 3.60. The van der Waals surface area contributed by atoms with E-state index in [0.29, 0.717) is 18.2 Å². The van der Waals surface area contributed by atoms with Crippen molar-refractivity contribution in [3.63, 3.8) is 0 Å². The fourth-order valence-corrected chi connectivity index (χ4v) is 2.72. The average Bonchev–Trinajstić information content (AvgIpc) is 2.28. The molecule has 2 unspecified atom stereocenters. The first-order valence-electron chi connectivity index (χ1n) is 6.43. The minimum atomic E-state index is 0.167. The van der Waals surface area contributed by atoms with E-state index in [-0.39, 0.29) is 6.04 Å². The Labute approximate surface area is 117 Å². The van der Waals surface area contributed by atoms with Crippen LogP contribution in [-0.2, 0) is 4.74 Å². The third-order valence-electron chi connectivity index (χ3n) is 3.21. The minimum absolute atomic E-state index is 0.167. The number of aromatic nitrogens is 2. The summed E-state index contributed by atoms with van der Waals surface area (Å²) >= 11 is 3.35. The second-order valence-electron chi connectivity index (χ2n) is 5.07. The van der Waals surface area contributed by atoms with Crippen LogP contribution in [0.2, 0.25) is 0 Å². The lowest BCUT2D eigenvalue weighted by Crippen LogP contribution is -2.42. The Hall–Kier alpha value is -0.520. The highest BCUT2D eigenvalue weighted by Crippen LogP contribution is 2.21. The van der Waals surface area contributed by atoms with Gasteiger partial charge in [0.1, 0.15) is 5.82 Å². The molecule has 1 N–H and O–H groups in total. The van der Waals surface area contributed by atoms with Gasteiger partial charge in [-0.25, -0.2) is 9.97 Å².